The summed E-state index contributed by atoms with van der Waals surface area (Å²) in [6.07, 6.45) is 6.66. The first-order chi connectivity index (χ1) is 17.6. The van der Waals surface area contributed by atoms with Crippen LogP contribution in [0.1, 0.15) is 38.4 Å². The molecule has 3 aromatic heterocycles. The predicted molar refractivity (Wildman–Crippen MR) is 150 cm³/mol. The Bertz CT molecular complexity index is 1490. The monoisotopic (exact) mass is 500 g/mol. The molecule has 3 N–H and O–H groups in total. The molecule has 0 saturated carbocycles. The van der Waals surface area contributed by atoms with E-state index in [4.69, 9.17) is 0 Å². The number of anilines is 2. The van der Waals surface area contributed by atoms with E-state index >= 15 is 0 Å². The van der Waals surface area contributed by atoms with Gasteiger partial charge in [0.1, 0.15) is 5.65 Å². The second kappa shape index (κ2) is 9.55. The highest BCUT2D eigenvalue weighted by Crippen LogP contribution is 2.32. The summed E-state index contributed by atoms with van der Waals surface area (Å²) in [7, 11) is 6.14. The van der Waals surface area contributed by atoms with Gasteiger partial charge in [0.05, 0.1) is 17.4 Å². The summed E-state index contributed by atoms with van der Waals surface area (Å²) in [6, 6.07) is 8.48. The average molecular weight is 501 g/mol. The van der Waals surface area contributed by atoms with Gasteiger partial charge in [0.2, 0.25) is 0 Å². The van der Waals surface area contributed by atoms with Crippen LogP contribution >= 0.6 is 0 Å². The van der Waals surface area contributed by atoms with Crippen LogP contribution < -0.4 is 10.6 Å². The molecule has 5 rings (SSSR count). The summed E-state index contributed by atoms with van der Waals surface area (Å²) in [4.78, 5) is 24.6. The Morgan fingerprint density at radius 2 is 2.03 bits per heavy atom. The smallest absolute Gasteiger partial charge is 0.318 e. The molecule has 37 heavy (non-hydrogen) atoms. The molecule has 0 atom stereocenters. The lowest BCUT2D eigenvalue weighted by Crippen LogP contribution is -2.49. The van der Waals surface area contributed by atoms with Crippen LogP contribution in [0.4, 0.5) is 16.2 Å². The fourth-order valence-electron chi connectivity index (χ4n) is 4.91. The molecule has 2 amide bonds. The van der Waals surface area contributed by atoms with Gasteiger partial charge < -0.3 is 25.4 Å². The van der Waals surface area contributed by atoms with Crippen LogP contribution in [0.15, 0.2) is 42.7 Å². The fourth-order valence-corrected chi connectivity index (χ4v) is 4.91. The van der Waals surface area contributed by atoms with Gasteiger partial charge in [-0.25, -0.2) is 9.78 Å². The van der Waals surface area contributed by atoms with Crippen LogP contribution in [-0.4, -0.2) is 68.3 Å². The van der Waals surface area contributed by atoms with Crippen molar-refractivity contribution in [1.29, 1.82) is 0 Å². The highest BCUT2D eigenvalue weighted by atomic mass is 16.2. The molecule has 1 aliphatic rings. The molecule has 0 spiro atoms. The van der Waals surface area contributed by atoms with Crippen molar-refractivity contribution in [2.24, 2.45) is 7.05 Å². The number of nitrogens with one attached hydrogen (secondary N) is 3. The summed E-state index contributed by atoms with van der Waals surface area (Å²) >= 11 is 0. The Balaban J connectivity index is 1.40. The van der Waals surface area contributed by atoms with Gasteiger partial charge in [-0.1, -0.05) is 6.08 Å². The van der Waals surface area contributed by atoms with Crippen LogP contribution in [0.5, 0.6) is 0 Å². The molecule has 0 bridgehead atoms. The van der Waals surface area contributed by atoms with Crippen LogP contribution in [0.3, 0.4) is 0 Å². The number of H-pyrrole nitrogens is 1. The van der Waals surface area contributed by atoms with Crippen molar-refractivity contribution in [3.05, 3.63) is 54.0 Å². The highest BCUT2D eigenvalue weighted by molar-refractivity contribution is 5.95. The first-order valence-electron chi connectivity index (χ1n) is 12.7. The molecule has 9 heteroatoms. The van der Waals surface area contributed by atoms with Crippen LogP contribution in [0.25, 0.3) is 27.5 Å². The minimum atomic E-state index is -0.248. The van der Waals surface area contributed by atoms with Gasteiger partial charge in [-0.2, -0.15) is 5.10 Å². The molecule has 9 nitrogen and oxygen atoms in total. The van der Waals surface area contributed by atoms with Crippen molar-refractivity contribution in [3.63, 3.8) is 0 Å². The number of pyridine rings is 1. The van der Waals surface area contributed by atoms with Crippen molar-refractivity contribution < 1.29 is 4.79 Å². The number of urea groups is 1. The molecule has 4 aromatic rings. The van der Waals surface area contributed by atoms with E-state index in [1.165, 1.54) is 11.1 Å². The highest BCUT2D eigenvalue weighted by Gasteiger charge is 2.22. The van der Waals surface area contributed by atoms with Crippen LogP contribution in [-0.2, 0) is 13.6 Å². The Hall–Kier alpha value is -3.85. The Labute approximate surface area is 217 Å². The number of carbonyl (C=O) groups is 1. The van der Waals surface area contributed by atoms with Gasteiger partial charge in [0.25, 0.3) is 0 Å². The zero-order valence-electron chi connectivity index (χ0n) is 22.5. The molecule has 0 unspecified atom stereocenters. The Kier molecular flexibility index (Phi) is 6.41. The lowest BCUT2D eigenvalue weighted by atomic mass is 10.0. The molecule has 0 saturated heterocycles. The molecule has 1 aliphatic heterocycles. The molecular formula is C28H36N8O. The third-order valence-corrected chi connectivity index (χ3v) is 6.53. The van der Waals surface area contributed by atoms with Gasteiger partial charge in [0, 0.05) is 60.6 Å². The number of aromatic amines is 1. The maximum Gasteiger partial charge on any atom is 0.318 e. The molecule has 1 aromatic carbocycles. The van der Waals surface area contributed by atoms with Gasteiger partial charge in [-0.3, -0.25) is 4.68 Å². The van der Waals surface area contributed by atoms with E-state index in [-0.39, 0.29) is 11.6 Å². The van der Waals surface area contributed by atoms with E-state index in [0.717, 1.165) is 52.0 Å². The van der Waals surface area contributed by atoms with E-state index in [1.54, 1.807) is 0 Å². The summed E-state index contributed by atoms with van der Waals surface area (Å²) < 4.78 is 1.94. The second-order valence-electron chi connectivity index (χ2n) is 11.1. The Morgan fingerprint density at radius 3 is 2.73 bits per heavy atom. The molecule has 0 aliphatic carbocycles. The summed E-state index contributed by atoms with van der Waals surface area (Å²) in [5, 5.41) is 13.3. The number of fused-ring (bicyclic) bond motifs is 2. The van der Waals surface area contributed by atoms with E-state index in [2.05, 4.69) is 69.0 Å². The van der Waals surface area contributed by atoms with Crippen molar-refractivity contribution >= 4 is 44.9 Å². The van der Waals surface area contributed by atoms with E-state index in [0.29, 0.717) is 13.1 Å². The summed E-state index contributed by atoms with van der Waals surface area (Å²) in [5.74, 6) is 0. The number of rotatable bonds is 5. The maximum absolute atomic E-state index is 12.5. The number of hydrogen-bond donors (Lipinski definition) is 3. The lowest BCUT2D eigenvalue weighted by Gasteiger charge is -2.30. The minimum absolute atomic E-state index is 0.0215. The van der Waals surface area contributed by atoms with Gasteiger partial charge in [-0.05, 0) is 76.7 Å². The Morgan fingerprint density at radius 1 is 1.22 bits per heavy atom. The average Bonchev–Trinajstić information content (AvgIpc) is 3.42. The first-order valence-corrected chi connectivity index (χ1v) is 12.7. The van der Waals surface area contributed by atoms with E-state index in [9.17, 15) is 4.79 Å². The third kappa shape index (κ3) is 5.32. The molecule has 4 heterocycles. The number of hydrogen-bond acceptors (Lipinski definition) is 5. The van der Waals surface area contributed by atoms with E-state index in [1.807, 2.05) is 55.9 Å². The third-order valence-electron chi connectivity index (χ3n) is 6.53. The maximum atomic E-state index is 12.5. The van der Waals surface area contributed by atoms with Gasteiger partial charge in [0.15, 0.2) is 0 Å². The van der Waals surface area contributed by atoms with Crippen molar-refractivity contribution in [1.82, 2.24) is 34.9 Å². The number of benzene rings is 1. The van der Waals surface area contributed by atoms with Crippen molar-refractivity contribution in [3.8, 4) is 0 Å². The zero-order valence-corrected chi connectivity index (χ0v) is 22.5. The standard InChI is InChI=1S/C28H36N8O/c1-28(2,3)33-27(37)36-11-8-18(9-12-36)24-15-22-23(7-10-29-26(22)32-24)31-21-13-19-16-30-35(6)25(19)20(14-21)17-34(4)5/h7-8,10,13-16H,9,11-12,17H2,1-6H3,(H,33,37)(H2,29,31,32). The molecule has 0 fully saturated rings. The van der Waals surface area contributed by atoms with Crippen molar-refractivity contribution in [2.75, 3.05) is 32.5 Å². The fraction of sp³-hybridized carbons (Fsp3) is 0.393. The number of amides is 2. The topological polar surface area (TPSA) is 94.1 Å². The minimum Gasteiger partial charge on any atom is -0.355 e. The lowest BCUT2D eigenvalue weighted by molar-refractivity contribution is 0.193. The largest absolute Gasteiger partial charge is 0.355 e. The predicted octanol–water partition coefficient (Wildman–Crippen LogP) is 4.85. The quantitative estimate of drug-likeness (QED) is 0.364. The van der Waals surface area contributed by atoms with Gasteiger partial charge in [-0.15, -0.1) is 0 Å². The first kappa shape index (κ1) is 24.8. The summed E-state index contributed by atoms with van der Waals surface area (Å²) in [5.41, 5.74) is 7.22. The van der Waals surface area contributed by atoms with E-state index < -0.39 is 0 Å². The molecule has 0 radical (unpaired) electrons. The molecular weight excluding hydrogens is 464 g/mol. The second-order valence-corrected chi connectivity index (χ2v) is 11.1. The number of aromatic nitrogens is 4. The van der Waals surface area contributed by atoms with Crippen LogP contribution in [0.2, 0.25) is 0 Å². The van der Waals surface area contributed by atoms with Crippen LogP contribution in [0, 0.1) is 0 Å². The number of aryl methyl sites for hydroxylation is 1. The van der Waals surface area contributed by atoms with Gasteiger partial charge >= 0.3 is 6.03 Å². The molecule has 194 valence electrons. The number of nitrogens with zero attached hydrogens (tertiary/aromatic N) is 5. The zero-order chi connectivity index (χ0) is 26.3. The number of carbonyl (C=O) groups excluding carboxylic acids is 1. The van der Waals surface area contributed by atoms with Crippen molar-refractivity contribution in [2.45, 2.75) is 39.3 Å². The normalized spacial score (nSPS) is 14.5. The summed E-state index contributed by atoms with van der Waals surface area (Å²) in [6.45, 7) is 8.09. The SMILES string of the molecule is CN(C)Cc1cc(Nc2ccnc3[nH]c(C4=CCN(C(=O)NC(C)(C)C)CC4)cc23)cc2cnn(C)c12.